The van der Waals surface area contributed by atoms with Crippen molar-refractivity contribution in [2.24, 2.45) is 11.8 Å². The van der Waals surface area contributed by atoms with Gasteiger partial charge in [-0.2, -0.15) is 0 Å². The first-order valence-electron chi connectivity index (χ1n) is 12.0. The molecule has 3 saturated carbocycles. The fraction of sp³-hybridized carbons (Fsp3) is 0.875. The van der Waals surface area contributed by atoms with Crippen molar-refractivity contribution in [3.8, 4) is 0 Å². The summed E-state index contributed by atoms with van der Waals surface area (Å²) in [5.41, 5.74) is 0. The normalized spacial score (nSPS) is 34.4. The Bertz CT molecular complexity index is 615. The summed E-state index contributed by atoms with van der Waals surface area (Å²) in [5.74, 6) is -0.636. The molecule has 3 unspecified atom stereocenters. The monoisotopic (exact) mass is 474 g/mol. The van der Waals surface area contributed by atoms with Crippen LogP contribution < -0.4 is 0 Å². The van der Waals surface area contributed by atoms with Crippen molar-refractivity contribution in [3.63, 3.8) is 0 Å². The van der Waals surface area contributed by atoms with E-state index < -0.39 is 24.1 Å². The highest BCUT2D eigenvalue weighted by Gasteiger charge is 2.54. The number of ether oxygens (including phenoxy) is 1. The fourth-order valence-corrected chi connectivity index (χ4v) is 3.91. The number of aldehydes is 1. The largest absolute Gasteiger partial charge is 0.393 e. The molecule has 1 heterocycles. The second-order valence-corrected chi connectivity index (χ2v) is 9.63. The Morgan fingerprint density at radius 2 is 1.70 bits per heavy atom. The second kappa shape index (κ2) is 14.2. The zero-order chi connectivity index (χ0) is 25.2. The second-order valence-electron chi connectivity index (χ2n) is 9.63. The van der Waals surface area contributed by atoms with Crippen LogP contribution in [0.1, 0.15) is 85.0 Å². The summed E-state index contributed by atoms with van der Waals surface area (Å²) in [6.07, 6.45) is 5.73. The third-order valence-electron chi connectivity index (χ3n) is 6.35. The number of hydrogen-bond donors (Lipinski definition) is 5. The molecule has 1 aliphatic heterocycles. The average molecular weight is 475 g/mol. The van der Waals surface area contributed by atoms with Crippen LogP contribution in [0.25, 0.3) is 0 Å². The summed E-state index contributed by atoms with van der Waals surface area (Å²) < 4.78 is 5.34. The Hall–Kier alpha value is -1.23. The molecule has 9 heteroatoms. The van der Waals surface area contributed by atoms with Gasteiger partial charge in [-0.25, -0.2) is 0 Å². The zero-order valence-corrected chi connectivity index (χ0v) is 20.1. The molecule has 5 N–H and O–H groups in total. The van der Waals surface area contributed by atoms with Crippen molar-refractivity contribution in [2.45, 2.75) is 121 Å². The first-order valence-corrected chi connectivity index (χ1v) is 12.0. The van der Waals surface area contributed by atoms with Crippen molar-refractivity contribution < 1.29 is 44.7 Å². The minimum atomic E-state index is -0.989. The molecule has 0 radical (unpaired) electrons. The number of ketones is 2. The number of Topliss-reactive ketones (excluding diaryl/α,β-unsaturated/α-hetero) is 2. The van der Waals surface area contributed by atoms with Crippen molar-refractivity contribution in [3.05, 3.63) is 0 Å². The number of rotatable bonds is 5. The summed E-state index contributed by atoms with van der Waals surface area (Å²) in [4.78, 5) is 30.2. The van der Waals surface area contributed by atoms with Crippen molar-refractivity contribution in [1.82, 2.24) is 0 Å². The number of carbonyl (C=O) groups excluding carboxylic acids is 3. The quantitative estimate of drug-likeness (QED) is 0.367. The number of fused-ring (bicyclic) bond motifs is 1. The maximum atomic E-state index is 10.8. The van der Waals surface area contributed by atoms with Gasteiger partial charge in [0.15, 0.2) is 5.79 Å². The molecule has 0 amide bonds. The zero-order valence-electron chi connectivity index (χ0n) is 20.1. The van der Waals surface area contributed by atoms with Crippen LogP contribution in [-0.4, -0.2) is 79.7 Å². The predicted octanol–water partition coefficient (Wildman–Crippen LogP) is 1.05. The highest BCUT2D eigenvalue weighted by atomic mass is 16.6. The van der Waals surface area contributed by atoms with Gasteiger partial charge in [-0.05, 0) is 52.9 Å². The third kappa shape index (κ3) is 10.3. The maximum absolute atomic E-state index is 10.8. The standard InChI is InChI=1S/2C8H14O3.C4H8O2.C4H6O/c1-5-4-7(9)6-2-3-8(6,10)11-5;1-5(9)4-8(11)6-2-3-7(6)10;1-4(6)2-3-5;5-4-2-1-3-4/h5-7,9-10H,2-4H2,1H3;5-6,8-9,11H,2-4H2,1H3;3-4,6H,2H2,1H3;1-3H2/t5?,6?,7-,8-;5-,6?,8+;4-;/m100./s1. The molecule has 1 saturated heterocycles. The molecule has 4 aliphatic rings. The van der Waals surface area contributed by atoms with Gasteiger partial charge < -0.3 is 35.1 Å². The summed E-state index contributed by atoms with van der Waals surface area (Å²) in [7, 11) is 0. The van der Waals surface area contributed by atoms with Gasteiger partial charge in [-0.1, -0.05) is 0 Å². The third-order valence-corrected chi connectivity index (χ3v) is 6.35. The van der Waals surface area contributed by atoms with E-state index in [1.54, 1.807) is 13.8 Å². The van der Waals surface area contributed by atoms with Gasteiger partial charge in [0.2, 0.25) is 0 Å². The molecule has 0 spiro atoms. The van der Waals surface area contributed by atoms with Crippen LogP contribution in [0.2, 0.25) is 0 Å². The lowest BCUT2D eigenvalue weighted by Crippen LogP contribution is -2.59. The topological polar surface area (TPSA) is 162 Å². The Kier molecular flexibility index (Phi) is 12.9. The van der Waals surface area contributed by atoms with E-state index in [1.807, 2.05) is 6.92 Å². The lowest BCUT2D eigenvalue weighted by Gasteiger charge is -2.52. The van der Waals surface area contributed by atoms with E-state index in [9.17, 15) is 29.7 Å². The number of hydrogen-bond acceptors (Lipinski definition) is 9. The van der Waals surface area contributed by atoms with Crippen LogP contribution in [0.15, 0.2) is 0 Å². The van der Waals surface area contributed by atoms with E-state index in [-0.39, 0.29) is 36.2 Å². The minimum Gasteiger partial charge on any atom is -0.393 e. The van der Waals surface area contributed by atoms with Crippen LogP contribution in [-0.2, 0) is 19.1 Å². The minimum absolute atomic E-state index is 0.00782. The average Bonchev–Trinajstić information content (AvgIpc) is 2.63. The number of aliphatic hydroxyl groups excluding tert-OH is 4. The molecule has 0 aromatic heterocycles. The van der Waals surface area contributed by atoms with Gasteiger partial charge in [0.25, 0.3) is 0 Å². The Morgan fingerprint density at radius 1 is 1.09 bits per heavy atom. The molecule has 0 aromatic rings. The fourth-order valence-electron chi connectivity index (χ4n) is 3.91. The van der Waals surface area contributed by atoms with Gasteiger partial charge in [0, 0.05) is 43.9 Å². The molecule has 8 atom stereocenters. The van der Waals surface area contributed by atoms with E-state index in [0.29, 0.717) is 37.8 Å². The summed E-state index contributed by atoms with van der Waals surface area (Å²) in [6, 6.07) is 0. The molecule has 0 bridgehead atoms. The van der Waals surface area contributed by atoms with Crippen LogP contribution in [0.4, 0.5) is 0 Å². The molecule has 3 aliphatic carbocycles. The van der Waals surface area contributed by atoms with Gasteiger partial charge in [0.1, 0.15) is 17.9 Å². The Balaban J connectivity index is 0.000000233. The number of aliphatic hydroxyl groups is 5. The summed E-state index contributed by atoms with van der Waals surface area (Å²) in [5, 5.41) is 45.7. The Morgan fingerprint density at radius 3 is 1.94 bits per heavy atom. The molecule has 192 valence electrons. The summed E-state index contributed by atoms with van der Waals surface area (Å²) >= 11 is 0. The van der Waals surface area contributed by atoms with E-state index in [4.69, 9.17) is 14.9 Å². The SMILES string of the molecule is CC1C[C@@H](O)C2CC[C@@]2(O)O1.C[C@H](O)CC=O.C[C@H](O)C[C@@H](O)C1CCC1=O.O=C1CCC1. The van der Waals surface area contributed by atoms with Crippen molar-refractivity contribution in [1.29, 1.82) is 0 Å². The van der Waals surface area contributed by atoms with Gasteiger partial charge >= 0.3 is 0 Å². The van der Waals surface area contributed by atoms with E-state index in [1.165, 1.54) is 0 Å². The predicted molar refractivity (Wildman–Crippen MR) is 120 cm³/mol. The lowest BCUT2D eigenvalue weighted by molar-refractivity contribution is -0.344. The van der Waals surface area contributed by atoms with Crippen molar-refractivity contribution >= 4 is 17.9 Å². The highest BCUT2D eigenvalue weighted by Crippen LogP contribution is 2.46. The van der Waals surface area contributed by atoms with Gasteiger partial charge in [-0.3, -0.25) is 9.59 Å². The van der Waals surface area contributed by atoms with Gasteiger partial charge in [-0.15, -0.1) is 0 Å². The van der Waals surface area contributed by atoms with Crippen molar-refractivity contribution in [2.75, 3.05) is 0 Å². The molecule has 4 rings (SSSR count). The van der Waals surface area contributed by atoms with E-state index >= 15 is 0 Å². The Labute approximate surface area is 196 Å². The molecule has 0 aromatic carbocycles. The molecule has 9 nitrogen and oxygen atoms in total. The van der Waals surface area contributed by atoms with E-state index in [2.05, 4.69) is 0 Å². The maximum Gasteiger partial charge on any atom is 0.171 e. The lowest BCUT2D eigenvalue weighted by atomic mass is 9.71. The molecular weight excluding hydrogens is 432 g/mol. The van der Waals surface area contributed by atoms with Crippen LogP contribution >= 0.6 is 0 Å². The first-order chi connectivity index (χ1) is 15.4. The van der Waals surface area contributed by atoms with E-state index in [0.717, 1.165) is 32.1 Å². The van der Waals surface area contributed by atoms with Gasteiger partial charge in [0.05, 0.1) is 30.5 Å². The number of carbonyl (C=O) groups is 3. The first kappa shape index (κ1) is 29.8. The smallest absolute Gasteiger partial charge is 0.171 e. The van der Waals surface area contributed by atoms with Crippen LogP contribution in [0.3, 0.4) is 0 Å². The molecule has 4 fully saturated rings. The van der Waals surface area contributed by atoms with Crippen LogP contribution in [0, 0.1) is 11.8 Å². The summed E-state index contributed by atoms with van der Waals surface area (Å²) in [6.45, 7) is 5.08. The molecule has 33 heavy (non-hydrogen) atoms. The molecular formula is C24H42O9. The van der Waals surface area contributed by atoms with Crippen LogP contribution in [0.5, 0.6) is 0 Å². The highest BCUT2D eigenvalue weighted by molar-refractivity contribution is 5.86.